The van der Waals surface area contributed by atoms with Gasteiger partial charge in [0.2, 0.25) is 5.91 Å². The molecule has 0 unspecified atom stereocenters. The fourth-order valence-corrected chi connectivity index (χ4v) is 3.66. The van der Waals surface area contributed by atoms with Crippen LogP contribution in [0.5, 0.6) is 0 Å². The number of rotatable bonds is 5. The average Bonchev–Trinajstić information content (AvgIpc) is 2.97. The minimum absolute atomic E-state index is 0.0639. The van der Waals surface area contributed by atoms with E-state index in [1.165, 1.54) is 0 Å². The van der Waals surface area contributed by atoms with Crippen molar-refractivity contribution in [2.45, 2.75) is 33.2 Å². The molecule has 24 heavy (non-hydrogen) atoms. The molecular formula is C17H27N5O2. The number of amides is 3. The van der Waals surface area contributed by atoms with Crippen LogP contribution in [0.2, 0.25) is 0 Å². The van der Waals surface area contributed by atoms with Crippen molar-refractivity contribution in [1.82, 2.24) is 19.6 Å². The van der Waals surface area contributed by atoms with Gasteiger partial charge in [-0.3, -0.25) is 14.8 Å². The summed E-state index contributed by atoms with van der Waals surface area (Å²) in [4.78, 5) is 27.3. The van der Waals surface area contributed by atoms with Gasteiger partial charge in [0.1, 0.15) is 0 Å². The monoisotopic (exact) mass is 333 g/mol. The third kappa shape index (κ3) is 3.25. The summed E-state index contributed by atoms with van der Waals surface area (Å²) in [5.41, 5.74) is 0.405. The smallest absolute Gasteiger partial charge is 0.323 e. The highest BCUT2D eigenvalue weighted by Gasteiger charge is 2.62. The number of likely N-dealkylation sites (tertiary alicyclic amines) is 1. The SMILES string of the molecule is CN(C)C(=O)CCCn1ccc(NC(=O)N2C[C@H]3[C@H](C2)C3(C)C)n1. The van der Waals surface area contributed by atoms with Gasteiger partial charge in [-0.1, -0.05) is 13.8 Å². The van der Waals surface area contributed by atoms with E-state index < -0.39 is 0 Å². The lowest BCUT2D eigenvalue weighted by molar-refractivity contribution is -0.128. The molecule has 0 radical (unpaired) electrons. The van der Waals surface area contributed by atoms with Crippen LogP contribution in [-0.4, -0.2) is 58.7 Å². The second kappa shape index (κ2) is 6.11. The van der Waals surface area contributed by atoms with E-state index in [4.69, 9.17) is 0 Å². The van der Waals surface area contributed by atoms with Gasteiger partial charge in [-0.05, 0) is 23.7 Å². The fourth-order valence-electron chi connectivity index (χ4n) is 3.66. The van der Waals surface area contributed by atoms with Gasteiger partial charge in [-0.25, -0.2) is 4.79 Å². The number of aromatic nitrogens is 2. The maximum Gasteiger partial charge on any atom is 0.323 e. The Hall–Kier alpha value is -2.05. The molecule has 1 aromatic heterocycles. The minimum Gasteiger partial charge on any atom is -0.349 e. The predicted octanol–water partition coefficient (Wildman–Crippen LogP) is 1.87. The van der Waals surface area contributed by atoms with Gasteiger partial charge in [0.15, 0.2) is 5.82 Å². The molecular weight excluding hydrogens is 306 g/mol. The Balaban J connectivity index is 1.43. The molecule has 132 valence electrons. The summed E-state index contributed by atoms with van der Waals surface area (Å²) in [7, 11) is 3.51. The first-order chi connectivity index (χ1) is 11.3. The fraction of sp³-hybridized carbons (Fsp3) is 0.706. The van der Waals surface area contributed by atoms with E-state index in [2.05, 4.69) is 24.3 Å². The maximum atomic E-state index is 12.3. The van der Waals surface area contributed by atoms with Gasteiger partial charge < -0.3 is 9.80 Å². The Morgan fingerprint density at radius 1 is 1.33 bits per heavy atom. The number of carbonyl (C=O) groups excluding carboxylic acids is 2. The summed E-state index contributed by atoms with van der Waals surface area (Å²) in [6, 6.07) is 1.73. The van der Waals surface area contributed by atoms with Crippen molar-refractivity contribution in [3.63, 3.8) is 0 Å². The molecule has 7 heteroatoms. The van der Waals surface area contributed by atoms with E-state index in [1.54, 1.807) is 29.7 Å². The molecule has 2 heterocycles. The molecule has 3 rings (SSSR count). The van der Waals surface area contributed by atoms with Crippen molar-refractivity contribution in [1.29, 1.82) is 0 Å². The van der Waals surface area contributed by atoms with Crippen LogP contribution in [0.3, 0.4) is 0 Å². The van der Waals surface area contributed by atoms with Gasteiger partial charge in [-0.2, -0.15) is 5.10 Å². The highest BCUT2D eigenvalue weighted by molar-refractivity contribution is 5.88. The van der Waals surface area contributed by atoms with Crippen molar-refractivity contribution >= 4 is 17.8 Å². The van der Waals surface area contributed by atoms with E-state index in [-0.39, 0.29) is 11.9 Å². The Morgan fingerprint density at radius 2 is 2.00 bits per heavy atom. The van der Waals surface area contributed by atoms with Crippen LogP contribution in [-0.2, 0) is 11.3 Å². The second-order valence-corrected chi connectivity index (χ2v) is 7.73. The first-order valence-corrected chi connectivity index (χ1v) is 8.58. The van der Waals surface area contributed by atoms with Crippen LogP contribution in [0.4, 0.5) is 10.6 Å². The van der Waals surface area contributed by atoms with E-state index >= 15 is 0 Å². The topological polar surface area (TPSA) is 70.5 Å². The Morgan fingerprint density at radius 3 is 2.62 bits per heavy atom. The predicted molar refractivity (Wildman–Crippen MR) is 91.5 cm³/mol. The van der Waals surface area contributed by atoms with Crippen LogP contribution in [0.15, 0.2) is 12.3 Å². The summed E-state index contributed by atoms with van der Waals surface area (Å²) in [5.74, 6) is 1.98. The van der Waals surface area contributed by atoms with Crippen LogP contribution in [0.25, 0.3) is 0 Å². The second-order valence-electron chi connectivity index (χ2n) is 7.73. The Bertz CT molecular complexity index is 623. The maximum absolute atomic E-state index is 12.3. The van der Waals surface area contributed by atoms with Gasteiger partial charge >= 0.3 is 6.03 Å². The summed E-state index contributed by atoms with van der Waals surface area (Å²) in [6.07, 6.45) is 3.07. The van der Waals surface area contributed by atoms with Crippen LogP contribution < -0.4 is 5.32 Å². The molecule has 1 aromatic rings. The highest BCUT2D eigenvalue weighted by Crippen LogP contribution is 2.61. The molecule has 0 bridgehead atoms. The lowest BCUT2D eigenvalue weighted by atomic mass is 10.1. The standard InChI is InChI=1S/C17H27N5O2/c1-17(2)12-10-21(11-13(12)17)16(24)18-14-7-9-22(19-14)8-5-6-15(23)20(3)4/h7,9,12-13H,5-6,8,10-11H2,1-4H3,(H,18,19,24)/t12-,13-/m0/s1. The largest absolute Gasteiger partial charge is 0.349 e. The number of urea groups is 1. The number of nitrogens with zero attached hydrogens (tertiary/aromatic N) is 4. The molecule has 1 saturated carbocycles. The van der Waals surface area contributed by atoms with Crippen molar-refractivity contribution < 1.29 is 9.59 Å². The van der Waals surface area contributed by atoms with E-state index in [0.717, 1.165) is 19.5 Å². The molecule has 0 spiro atoms. The summed E-state index contributed by atoms with van der Waals surface area (Å²) in [5, 5.41) is 7.23. The molecule has 1 N–H and O–H groups in total. The first-order valence-electron chi connectivity index (χ1n) is 8.58. The molecule has 2 aliphatic rings. The number of hydrogen-bond donors (Lipinski definition) is 1. The number of nitrogens with one attached hydrogen (secondary N) is 1. The molecule has 1 aliphatic carbocycles. The normalized spacial score (nSPS) is 23.8. The molecule has 1 aliphatic heterocycles. The van der Waals surface area contributed by atoms with Crippen LogP contribution in [0, 0.1) is 17.3 Å². The van der Waals surface area contributed by atoms with Gasteiger partial charge in [0.25, 0.3) is 0 Å². The molecule has 2 fully saturated rings. The molecule has 1 saturated heterocycles. The molecule has 7 nitrogen and oxygen atoms in total. The zero-order chi connectivity index (χ0) is 17.5. The van der Waals surface area contributed by atoms with E-state index in [1.807, 2.05) is 11.1 Å². The number of hydrogen-bond acceptors (Lipinski definition) is 3. The summed E-state index contributed by atoms with van der Waals surface area (Å²) >= 11 is 0. The van der Waals surface area contributed by atoms with Crippen molar-refractivity contribution in [3.8, 4) is 0 Å². The number of carbonyl (C=O) groups is 2. The van der Waals surface area contributed by atoms with Gasteiger partial charge in [0, 0.05) is 52.4 Å². The third-order valence-corrected chi connectivity index (χ3v) is 5.56. The lowest BCUT2D eigenvalue weighted by Crippen LogP contribution is -2.36. The average molecular weight is 333 g/mol. The number of piperidine rings is 1. The molecule has 0 aromatic carbocycles. The summed E-state index contributed by atoms with van der Waals surface area (Å²) in [6.45, 7) is 6.91. The number of aryl methyl sites for hydroxylation is 1. The minimum atomic E-state index is -0.0639. The lowest BCUT2D eigenvalue weighted by Gasteiger charge is -2.21. The molecule has 3 amide bonds. The highest BCUT2D eigenvalue weighted by atomic mass is 16.2. The van der Waals surface area contributed by atoms with Crippen LogP contribution >= 0.6 is 0 Å². The Kier molecular flexibility index (Phi) is 4.27. The first kappa shape index (κ1) is 16.8. The number of fused-ring (bicyclic) bond motifs is 1. The summed E-state index contributed by atoms with van der Waals surface area (Å²) < 4.78 is 1.77. The van der Waals surface area contributed by atoms with Crippen molar-refractivity contribution in [2.75, 3.05) is 32.5 Å². The van der Waals surface area contributed by atoms with E-state index in [0.29, 0.717) is 36.0 Å². The Labute approximate surface area is 143 Å². The zero-order valence-corrected chi connectivity index (χ0v) is 15.0. The van der Waals surface area contributed by atoms with Crippen LogP contribution in [0.1, 0.15) is 26.7 Å². The quantitative estimate of drug-likeness (QED) is 0.894. The van der Waals surface area contributed by atoms with Gasteiger partial charge in [0.05, 0.1) is 0 Å². The van der Waals surface area contributed by atoms with Crippen molar-refractivity contribution in [3.05, 3.63) is 12.3 Å². The molecule has 2 atom stereocenters. The third-order valence-electron chi connectivity index (χ3n) is 5.56. The zero-order valence-electron chi connectivity index (χ0n) is 15.0. The number of anilines is 1. The van der Waals surface area contributed by atoms with Crippen molar-refractivity contribution in [2.24, 2.45) is 17.3 Å². The van der Waals surface area contributed by atoms with Gasteiger partial charge in [-0.15, -0.1) is 0 Å². The van der Waals surface area contributed by atoms with E-state index in [9.17, 15) is 9.59 Å².